The molecule has 3 rings (SSSR count). The van der Waals surface area contributed by atoms with Gasteiger partial charge in [-0.05, 0) is 54.9 Å². The van der Waals surface area contributed by atoms with Gasteiger partial charge >= 0.3 is 0 Å². The second kappa shape index (κ2) is 7.84. The highest BCUT2D eigenvalue weighted by molar-refractivity contribution is 7.16. The van der Waals surface area contributed by atoms with Gasteiger partial charge in [0, 0.05) is 10.4 Å². The molecule has 0 aliphatic heterocycles. The number of rotatable bonds is 3. The van der Waals surface area contributed by atoms with Crippen LogP contribution in [0.5, 0.6) is 0 Å². The molecule has 25 heavy (non-hydrogen) atoms. The summed E-state index contributed by atoms with van der Waals surface area (Å²) < 4.78 is 0. The minimum absolute atomic E-state index is 0.138. The third-order valence-electron chi connectivity index (χ3n) is 4.85. The van der Waals surface area contributed by atoms with Crippen LogP contribution in [0.4, 0.5) is 5.00 Å². The molecule has 0 unspecified atom stereocenters. The molecule has 1 aromatic carbocycles. The van der Waals surface area contributed by atoms with Gasteiger partial charge in [0.15, 0.2) is 0 Å². The smallest absolute Gasteiger partial charge is 0.256 e. The van der Waals surface area contributed by atoms with E-state index in [9.17, 15) is 10.1 Å². The lowest BCUT2D eigenvalue weighted by molar-refractivity contribution is 0.102. The van der Waals surface area contributed by atoms with Crippen LogP contribution in [0.2, 0.25) is 0 Å². The maximum atomic E-state index is 12.6. The van der Waals surface area contributed by atoms with Crippen molar-refractivity contribution in [3.63, 3.8) is 0 Å². The molecule has 0 fully saturated rings. The molecular weight excluding hydrogens is 328 g/mol. The topological polar surface area (TPSA) is 52.9 Å². The van der Waals surface area contributed by atoms with E-state index in [0.717, 1.165) is 24.8 Å². The Morgan fingerprint density at radius 2 is 1.80 bits per heavy atom. The Labute approximate surface area is 153 Å². The fourth-order valence-electron chi connectivity index (χ4n) is 3.32. The summed E-state index contributed by atoms with van der Waals surface area (Å²) in [7, 11) is 0. The molecule has 1 amide bonds. The number of thiophene rings is 1. The highest BCUT2D eigenvalue weighted by Crippen LogP contribution is 2.36. The zero-order valence-electron chi connectivity index (χ0n) is 14.9. The summed E-state index contributed by atoms with van der Waals surface area (Å²) in [6.07, 6.45) is 6.75. The van der Waals surface area contributed by atoms with Crippen molar-refractivity contribution < 1.29 is 4.79 Å². The van der Waals surface area contributed by atoms with E-state index in [1.807, 2.05) is 24.3 Å². The van der Waals surface area contributed by atoms with Gasteiger partial charge in [-0.3, -0.25) is 4.79 Å². The number of carbonyl (C=O) groups is 1. The summed E-state index contributed by atoms with van der Waals surface area (Å²) >= 11 is 1.59. The average molecular weight is 353 g/mol. The van der Waals surface area contributed by atoms with Crippen LogP contribution in [0.1, 0.15) is 77.4 Å². The SMILES string of the molecule is CC(C)c1ccc(C(=O)Nc2sc3c(c2C#N)CCCCCC3)cc1. The molecule has 1 aromatic heterocycles. The Hall–Kier alpha value is -2.12. The third kappa shape index (κ3) is 3.93. The quantitative estimate of drug-likeness (QED) is 0.775. The van der Waals surface area contributed by atoms with E-state index in [1.165, 1.54) is 29.7 Å². The maximum Gasteiger partial charge on any atom is 0.256 e. The first-order valence-electron chi connectivity index (χ1n) is 9.06. The minimum atomic E-state index is -0.138. The summed E-state index contributed by atoms with van der Waals surface area (Å²) in [6.45, 7) is 4.27. The summed E-state index contributed by atoms with van der Waals surface area (Å²) in [4.78, 5) is 13.9. The van der Waals surface area contributed by atoms with E-state index in [0.29, 0.717) is 22.0 Å². The molecule has 1 N–H and O–H groups in total. The molecule has 0 saturated carbocycles. The van der Waals surface area contributed by atoms with Crippen LogP contribution >= 0.6 is 11.3 Å². The van der Waals surface area contributed by atoms with E-state index in [1.54, 1.807) is 11.3 Å². The van der Waals surface area contributed by atoms with Crippen LogP contribution in [0, 0.1) is 11.3 Å². The molecule has 0 atom stereocenters. The number of nitrogens with one attached hydrogen (secondary N) is 1. The molecule has 0 radical (unpaired) electrons. The van der Waals surface area contributed by atoms with Gasteiger partial charge in [-0.1, -0.05) is 38.8 Å². The van der Waals surface area contributed by atoms with Gasteiger partial charge in [0.25, 0.3) is 5.91 Å². The average Bonchev–Trinajstić information content (AvgIpc) is 2.90. The number of fused-ring (bicyclic) bond motifs is 1. The Morgan fingerprint density at radius 3 is 2.44 bits per heavy atom. The predicted octanol–water partition coefficient (Wildman–Crippen LogP) is 5.65. The predicted molar refractivity (Wildman–Crippen MR) is 103 cm³/mol. The molecule has 2 aromatic rings. The van der Waals surface area contributed by atoms with Crippen molar-refractivity contribution in [1.29, 1.82) is 5.26 Å². The molecule has 0 bridgehead atoms. The van der Waals surface area contributed by atoms with Gasteiger partial charge in [0.2, 0.25) is 0 Å². The normalized spacial score (nSPS) is 14.3. The standard InChI is InChI=1S/C21H24N2OS/c1-14(2)15-9-11-16(12-10-15)20(24)23-21-18(13-22)17-7-5-3-4-6-8-19(17)25-21/h9-12,14H,3-8H2,1-2H3,(H,23,24). The van der Waals surface area contributed by atoms with Gasteiger partial charge in [-0.15, -0.1) is 11.3 Å². The number of carbonyl (C=O) groups excluding carboxylic acids is 1. The van der Waals surface area contributed by atoms with Gasteiger partial charge in [0.1, 0.15) is 11.1 Å². The lowest BCUT2D eigenvalue weighted by Crippen LogP contribution is -2.12. The van der Waals surface area contributed by atoms with Gasteiger partial charge in [-0.25, -0.2) is 0 Å². The summed E-state index contributed by atoms with van der Waals surface area (Å²) in [6, 6.07) is 10.0. The van der Waals surface area contributed by atoms with E-state index >= 15 is 0 Å². The van der Waals surface area contributed by atoms with Crippen molar-refractivity contribution in [1.82, 2.24) is 0 Å². The lowest BCUT2D eigenvalue weighted by Gasteiger charge is -2.09. The van der Waals surface area contributed by atoms with Crippen molar-refractivity contribution >= 4 is 22.2 Å². The fourth-order valence-corrected chi connectivity index (χ4v) is 4.56. The number of aryl methyl sites for hydroxylation is 1. The van der Waals surface area contributed by atoms with E-state index in [4.69, 9.17) is 0 Å². The monoisotopic (exact) mass is 352 g/mol. The second-order valence-corrected chi connectivity index (χ2v) is 8.07. The Morgan fingerprint density at radius 1 is 1.12 bits per heavy atom. The maximum absolute atomic E-state index is 12.6. The number of amides is 1. The van der Waals surface area contributed by atoms with E-state index in [2.05, 4.69) is 25.2 Å². The molecule has 0 saturated heterocycles. The summed E-state index contributed by atoms with van der Waals surface area (Å²) in [5.41, 5.74) is 3.69. The third-order valence-corrected chi connectivity index (χ3v) is 6.06. The van der Waals surface area contributed by atoms with Crippen LogP contribution in [-0.2, 0) is 12.8 Å². The van der Waals surface area contributed by atoms with E-state index < -0.39 is 0 Å². The Bertz CT molecular complexity index is 797. The Balaban J connectivity index is 1.83. The van der Waals surface area contributed by atoms with Crippen LogP contribution in [0.25, 0.3) is 0 Å². The van der Waals surface area contributed by atoms with Crippen molar-refractivity contribution in [3.8, 4) is 6.07 Å². The van der Waals surface area contributed by atoms with Crippen molar-refractivity contribution in [2.45, 2.75) is 58.3 Å². The van der Waals surface area contributed by atoms with Gasteiger partial charge in [-0.2, -0.15) is 5.26 Å². The first kappa shape index (κ1) is 17.7. The lowest BCUT2D eigenvalue weighted by atomic mass is 9.97. The first-order valence-corrected chi connectivity index (χ1v) is 9.87. The number of hydrogen-bond donors (Lipinski definition) is 1. The van der Waals surface area contributed by atoms with Crippen LogP contribution in [-0.4, -0.2) is 5.91 Å². The first-order chi connectivity index (χ1) is 12.1. The zero-order valence-corrected chi connectivity index (χ0v) is 15.7. The van der Waals surface area contributed by atoms with Crippen molar-refractivity contribution in [2.75, 3.05) is 5.32 Å². The summed E-state index contributed by atoms with van der Waals surface area (Å²) in [5.74, 6) is 0.306. The molecule has 130 valence electrons. The largest absolute Gasteiger partial charge is 0.312 e. The highest BCUT2D eigenvalue weighted by atomic mass is 32.1. The number of anilines is 1. The van der Waals surface area contributed by atoms with E-state index in [-0.39, 0.29) is 5.91 Å². The van der Waals surface area contributed by atoms with Crippen LogP contribution in [0.3, 0.4) is 0 Å². The van der Waals surface area contributed by atoms with Crippen LogP contribution in [0.15, 0.2) is 24.3 Å². The van der Waals surface area contributed by atoms with Gasteiger partial charge in [0.05, 0.1) is 5.56 Å². The molecule has 1 aliphatic carbocycles. The molecular formula is C21H24N2OS. The minimum Gasteiger partial charge on any atom is -0.312 e. The summed E-state index contributed by atoms with van der Waals surface area (Å²) in [5, 5.41) is 13.3. The number of hydrogen-bond acceptors (Lipinski definition) is 3. The zero-order chi connectivity index (χ0) is 17.8. The molecule has 1 aliphatic rings. The molecule has 4 heteroatoms. The van der Waals surface area contributed by atoms with Gasteiger partial charge < -0.3 is 5.32 Å². The highest BCUT2D eigenvalue weighted by Gasteiger charge is 2.20. The number of benzene rings is 1. The van der Waals surface area contributed by atoms with Crippen molar-refractivity contribution in [2.24, 2.45) is 0 Å². The second-order valence-electron chi connectivity index (χ2n) is 6.96. The number of nitriles is 1. The van der Waals surface area contributed by atoms with Crippen molar-refractivity contribution in [3.05, 3.63) is 51.4 Å². The molecule has 3 nitrogen and oxygen atoms in total. The molecule has 0 spiro atoms. The Kier molecular flexibility index (Phi) is 5.55. The number of nitrogens with zero attached hydrogens (tertiary/aromatic N) is 1. The molecule has 1 heterocycles. The van der Waals surface area contributed by atoms with Crippen LogP contribution < -0.4 is 5.32 Å². The fraction of sp³-hybridized carbons (Fsp3) is 0.429.